The van der Waals surface area contributed by atoms with Crippen molar-refractivity contribution < 1.29 is 5.11 Å². The number of hydrogen-bond donors (Lipinski definition) is 1. The van der Waals surface area contributed by atoms with Gasteiger partial charge in [0.1, 0.15) is 5.82 Å². The number of fused-ring (bicyclic) bond motifs is 1. The second-order valence-electron chi connectivity index (χ2n) is 6.27. The number of nitrogens with zero attached hydrogens (tertiary/aromatic N) is 4. The van der Waals surface area contributed by atoms with Crippen molar-refractivity contribution in [2.45, 2.75) is 25.9 Å². The highest BCUT2D eigenvalue weighted by Crippen LogP contribution is 2.23. The molecule has 0 spiro atoms. The van der Waals surface area contributed by atoms with Crippen LogP contribution in [-0.4, -0.2) is 39.3 Å². The Morgan fingerprint density at radius 3 is 2.58 bits per heavy atom. The minimum atomic E-state index is -0.172. The first-order valence-corrected chi connectivity index (χ1v) is 8.33. The van der Waals surface area contributed by atoms with Gasteiger partial charge in [-0.3, -0.25) is 0 Å². The SMILES string of the molecule is Cc1nc(-c2ccc(N3CCC(O)CC3)nc2)nc2ccccc12. The summed E-state index contributed by atoms with van der Waals surface area (Å²) >= 11 is 0. The first-order chi connectivity index (χ1) is 11.7. The number of aryl methyl sites for hydroxylation is 1. The third-order valence-electron chi connectivity index (χ3n) is 4.59. The zero-order chi connectivity index (χ0) is 16.5. The zero-order valence-electron chi connectivity index (χ0n) is 13.7. The van der Waals surface area contributed by atoms with E-state index < -0.39 is 0 Å². The van der Waals surface area contributed by atoms with E-state index in [1.54, 1.807) is 0 Å². The van der Waals surface area contributed by atoms with E-state index >= 15 is 0 Å². The average molecular weight is 320 g/mol. The Labute approximate surface area is 141 Å². The van der Waals surface area contributed by atoms with Gasteiger partial charge in [0.05, 0.1) is 11.6 Å². The highest BCUT2D eigenvalue weighted by atomic mass is 16.3. The molecule has 0 saturated carbocycles. The van der Waals surface area contributed by atoms with Gasteiger partial charge in [-0.2, -0.15) is 0 Å². The molecule has 1 aliphatic rings. The van der Waals surface area contributed by atoms with E-state index in [1.165, 1.54) is 0 Å². The van der Waals surface area contributed by atoms with Crippen molar-refractivity contribution in [3.8, 4) is 11.4 Å². The Hall–Kier alpha value is -2.53. The lowest BCUT2D eigenvalue weighted by Gasteiger charge is -2.30. The molecular weight excluding hydrogens is 300 g/mol. The van der Waals surface area contributed by atoms with Crippen molar-refractivity contribution in [2.24, 2.45) is 0 Å². The van der Waals surface area contributed by atoms with Gasteiger partial charge in [-0.15, -0.1) is 0 Å². The van der Waals surface area contributed by atoms with E-state index in [0.29, 0.717) is 5.82 Å². The Morgan fingerprint density at radius 1 is 1.04 bits per heavy atom. The fraction of sp³-hybridized carbons (Fsp3) is 0.316. The van der Waals surface area contributed by atoms with Crippen LogP contribution in [-0.2, 0) is 0 Å². The molecule has 1 aromatic carbocycles. The van der Waals surface area contributed by atoms with Crippen LogP contribution in [0.5, 0.6) is 0 Å². The molecule has 0 bridgehead atoms. The lowest BCUT2D eigenvalue weighted by Crippen LogP contribution is -2.36. The van der Waals surface area contributed by atoms with Crippen molar-refractivity contribution in [3.63, 3.8) is 0 Å². The molecule has 1 aliphatic heterocycles. The molecule has 0 radical (unpaired) electrons. The molecule has 0 aliphatic carbocycles. The standard InChI is InChI=1S/C19H20N4O/c1-13-16-4-2-3-5-17(16)22-19(21-13)14-6-7-18(20-12-14)23-10-8-15(24)9-11-23/h2-7,12,15,24H,8-11H2,1H3. The molecule has 2 aromatic heterocycles. The molecule has 3 aromatic rings. The summed E-state index contributed by atoms with van der Waals surface area (Å²) < 4.78 is 0. The lowest BCUT2D eigenvalue weighted by atomic mass is 10.1. The monoisotopic (exact) mass is 320 g/mol. The molecule has 24 heavy (non-hydrogen) atoms. The Bertz CT molecular complexity index is 855. The van der Waals surface area contributed by atoms with Crippen LogP contribution >= 0.6 is 0 Å². The molecule has 5 heteroatoms. The minimum absolute atomic E-state index is 0.172. The maximum atomic E-state index is 9.62. The highest BCUT2D eigenvalue weighted by Gasteiger charge is 2.18. The summed E-state index contributed by atoms with van der Waals surface area (Å²) in [6.45, 7) is 3.70. The second-order valence-corrected chi connectivity index (χ2v) is 6.27. The molecule has 0 atom stereocenters. The number of aliphatic hydroxyl groups excluding tert-OH is 1. The van der Waals surface area contributed by atoms with Gasteiger partial charge in [0.25, 0.3) is 0 Å². The van der Waals surface area contributed by atoms with E-state index in [-0.39, 0.29) is 6.10 Å². The summed E-state index contributed by atoms with van der Waals surface area (Å²) in [6.07, 6.45) is 3.27. The normalized spacial score (nSPS) is 15.8. The van der Waals surface area contributed by atoms with E-state index in [1.807, 2.05) is 49.5 Å². The third-order valence-corrected chi connectivity index (χ3v) is 4.59. The largest absolute Gasteiger partial charge is 0.393 e. The van der Waals surface area contributed by atoms with Crippen molar-refractivity contribution >= 4 is 16.7 Å². The fourth-order valence-corrected chi connectivity index (χ4v) is 3.16. The minimum Gasteiger partial charge on any atom is -0.393 e. The maximum Gasteiger partial charge on any atom is 0.161 e. The van der Waals surface area contributed by atoms with E-state index in [2.05, 4.69) is 19.9 Å². The number of rotatable bonds is 2. The summed E-state index contributed by atoms with van der Waals surface area (Å²) in [6, 6.07) is 12.1. The van der Waals surface area contributed by atoms with E-state index in [0.717, 1.165) is 53.9 Å². The van der Waals surface area contributed by atoms with Crippen LogP contribution in [0.4, 0.5) is 5.82 Å². The van der Waals surface area contributed by atoms with Gasteiger partial charge in [0.15, 0.2) is 5.82 Å². The number of benzene rings is 1. The maximum absolute atomic E-state index is 9.62. The van der Waals surface area contributed by atoms with Gasteiger partial charge in [-0.1, -0.05) is 18.2 Å². The number of piperidine rings is 1. The summed E-state index contributed by atoms with van der Waals surface area (Å²) in [4.78, 5) is 16.1. The zero-order valence-corrected chi connectivity index (χ0v) is 13.7. The molecule has 4 rings (SSSR count). The van der Waals surface area contributed by atoms with Gasteiger partial charge >= 0.3 is 0 Å². The van der Waals surface area contributed by atoms with E-state index in [9.17, 15) is 5.11 Å². The van der Waals surface area contributed by atoms with Crippen molar-refractivity contribution in [2.75, 3.05) is 18.0 Å². The van der Waals surface area contributed by atoms with E-state index in [4.69, 9.17) is 0 Å². The predicted molar refractivity (Wildman–Crippen MR) is 95.0 cm³/mol. The van der Waals surface area contributed by atoms with Crippen LogP contribution in [0.25, 0.3) is 22.3 Å². The van der Waals surface area contributed by atoms with Gasteiger partial charge in [-0.25, -0.2) is 15.0 Å². The number of aromatic nitrogens is 3. The van der Waals surface area contributed by atoms with Crippen molar-refractivity contribution in [3.05, 3.63) is 48.3 Å². The molecule has 122 valence electrons. The first kappa shape index (κ1) is 15.0. The number of pyridine rings is 1. The first-order valence-electron chi connectivity index (χ1n) is 8.33. The van der Waals surface area contributed by atoms with Crippen LogP contribution in [0, 0.1) is 6.92 Å². The molecule has 1 N–H and O–H groups in total. The molecular formula is C19H20N4O. The van der Waals surface area contributed by atoms with Crippen LogP contribution in [0.15, 0.2) is 42.6 Å². The summed E-state index contributed by atoms with van der Waals surface area (Å²) in [5, 5.41) is 10.7. The van der Waals surface area contributed by atoms with Gasteiger partial charge in [0, 0.05) is 35.9 Å². The summed E-state index contributed by atoms with van der Waals surface area (Å²) in [5.74, 6) is 1.66. The average Bonchev–Trinajstić information content (AvgIpc) is 2.62. The third kappa shape index (κ3) is 2.83. The van der Waals surface area contributed by atoms with Crippen molar-refractivity contribution in [1.82, 2.24) is 15.0 Å². The molecule has 1 saturated heterocycles. The van der Waals surface area contributed by atoms with Crippen LogP contribution < -0.4 is 4.90 Å². The molecule has 5 nitrogen and oxygen atoms in total. The summed E-state index contributed by atoms with van der Waals surface area (Å²) in [7, 11) is 0. The molecule has 0 amide bonds. The van der Waals surface area contributed by atoms with Crippen LogP contribution in [0.1, 0.15) is 18.5 Å². The predicted octanol–water partition coefficient (Wildman–Crippen LogP) is 2.96. The van der Waals surface area contributed by atoms with Crippen LogP contribution in [0.2, 0.25) is 0 Å². The lowest BCUT2D eigenvalue weighted by molar-refractivity contribution is 0.145. The van der Waals surface area contributed by atoms with Crippen LogP contribution in [0.3, 0.4) is 0 Å². The quantitative estimate of drug-likeness (QED) is 0.786. The number of para-hydroxylation sites is 1. The molecule has 1 fully saturated rings. The van der Waals surface area contributed by atoms with Gasteiger partial charge < -0.3 is 10.0 Å². The number of hydrogen-bond acceptors (Lipinski definition) is 5. The van der Waals surface area contributed by atoms with Crippen molar-refractivity contribution in [1.29, 1.82) is 0 Å². The topological polar surface area (TPSA) is 62.1 Å². The highest BCUT2D eigenvalue weighted by molar-refractivity contribution is 5.82. The fourth-order valence-electron chi connectivity index (χ4n) is 3.16. The Morgan fingerprint density at radius 2 is 1.83 bits per heavy atom. The number of anilines is 1. The molecule has 3 heterocycles. The second kappa shape index (κ2) is 6.17. The molecule has 0 unspecified atom stereocenters. The number of aliphatic hydroxyl groups is 1. The summed E-state index contributed by atoms with van der Waals surface area (Å²) in [5.41, 5.74) is 2.85. The Balaban J connectivity index is 1.63. The smallest absolute Gasteiger partial charge is 0.161 e. The Kier molecular flexibility index (Phi) is 3.86. The van der Waals surface area contributed by atoms with Gasteiger partial charge in [0.2, 0.25) is 0 Å². The van der Waals surface area contributed by atoms with Gasteiger partial charge in [-0.05, 0) is 38.0 Å².